The number of carbonyl (C=O) groups is 1. The molecule has 3 rings (SSSR count). The van der Waals surface area contributed by atoms with Crippen LogP contribution >= 0.6 is 0 Å². The highest BCUT2D eigenvalue weighted by Crippen LogP contribution is 2.30. The quantitative estimate of drug-likeness (QED) is 0.666. The summed E-state index contributed by atoms with van der Waals surface area (Å²) in [4.78, 5) is 12.8. The molecule has 1 amide bonds. The van der Waals surface area contributed by atoms with E-state index in [1.54, 1.807) is 18.2 Å². The van der Waals surface area contributed by atoms with Crippen LogP contribution in [0, 0.1) is 0 Å². The Hall–Kier alpha value is -3.15. The zero-order valence-electron chi connectivity index (χ0n) is 15.8. The predicted octanol–water partition coefficient (Wildman–Crippen LogP) is 4.51. The number of hydrogen-bond acceptors (Lipinski definition) is 5. The smallest absolute Gasteiger partial charge is 0.260 e. The van der Waals surface area contributed by atoms with Crippen LogP contribution in [0.3, 0.4) is 0 Å². The molecule has 2 aromatic carbocycles. The normalized spacial score (nSPS) is 10.6. The summed E-state index contributed by atoms with van der Waals surface area (Å²) in [6.45, 7) is 6.53. The van der Waals surface area contributed by atoms with Crippen molar-refractivity contribution < 1.29 is 14.2 Å². The van der Waals surface area contributed by atoms with Gasteiger partial charge in [-0.25, -0.2) is 4.63 Å². The van der Waals surface area contributed by atoms with Gasteiger partial charge in [-0.15, -0.1) is 0 Å². The molecule has 1 N–H and O–H groups in total. The third-order valence-corrected chi connectivity index (χ3v) is 4.37. The minimum Gasteiger partial charge on any atom is -0.493 e. The number of carbonyl (C=O) groups excluding carboxylic acids is 1. The van der Waals surface area contributed by atoms with E-state index in [4.69, 9.17) is 9.37 Å². The van der Waals surface area contributed by atoms with E-state index < -0.39 is 0 Å². The first kappa shape index (κ1) is 18.6. The number of aromatic nitrogens is 2. The second-order valence-electron chi connectivity index (χ2n) is 6.04. The Balaban J connectivity index is 1.94. The molecule has 0 saturated heterocycles. The lowest BCUT2D eigenvalue weighted by Crippen LogP contribution is -2.14. The van der Waals surface area contributed by atoms with Crippen molar-refractivity contribution in [3.05, 3.63) is 59.2 Å². The Kier molecular flexibility index (Phi) is 5.86. The largest absolute Gasteiger partial charge is 0.493 e. The van der Waals surface area contributed by atoms with Crippen molar-refractivity contribution in [2.24, 2.45) is 0 Å². The van der Waals surface area contributed by atoms with E-state index in [9.17, 15) is 4.79 Å². The molecule has 27 heavy (non-hydrogen) atoms. The molecule has 0 saturated carbocycles. The number of rotatable bonds is 7. The molecule has 0 spiro atoms. The summed E-state index contributed by atoms with van der Waals surface area (Å²) in [6.07, 6.45) is 1.75. The standard InChI is InChI=1S/C21H23N3O3/c1-4-14-11-12-15(5-2)17(13-14)19-20(24-27-23-19)22-21(25)16-9-7-8-10-18(16)26-6-3/h7-13H,4-6H2,1-3H3,(H,22,24,25). The molecule has 6 heteroatoms. The second-order valence-corrected chi connectivity index (χ2v) is 6.04. The number of aryl methyl sites for hydroxylation is 2. The average Bonchev–Trinajstić information content (AvgIpc) is 3.16. The molecule has 1 heterocycles. The van der Waals surface area contributed by atoms with Gasteiger partial charge in [0.2, 0.25) is 5.82 Å². The predicted molar refractivity (Wildman–Crippen MR) is 104 cm³/mol. The van der Waals surface area contributed by atoms with E-state index >= 15 is 0 Å². The van der Waals surface area contributed by atoms with E-state index in [-0.39, 0.29) is 5.91 Å². The zero-order chi connectivity index (χ0) is 19.2. The highest BCUT2D eigenvalue weighted by atomic mass is 16.6. The van der Waals surface area contributed by atoms with Crippen LogP contribution in [-0.2, 0) is 12.8 Å². The number of nitrogens with one attached hydrogen (secondary N) is 1. The van der Waals surface area contributed by atoms with Gasteiger partial charge in [0.25, 0.3) is 5.91 Å². The van der Waals surface area contributed by atoms with Crippen molar-refractivity contribution in [1.82, 2.24) is 10.3 Å². The van der Waals surface area contributed by atoms with E-state index in [0.717, 1.165) is 24.0 Å². The third kappa shape index (κ3) is 4.00. The van der Waals surface area contributed by atoms with Crippen LogP contribution in [0.4, 0.5) is 5.82 Å². The lowest BCUT2D eigenvalue weighted by atomic mass is 9.98. The molecule has 0 aliphatic heterocycles. The third-order valence-electron chi connectivity index (χ3n) is 4.37. The van der Waals surface area contributed by atoms with Crippen molar-refractivity contribution in [2.75, 3.05) is 11.9 Å². The van der Waals surface area contributed by atoms with Gasteiger partial charge in [-0.1, -0.05) is 38.1 Å². The van der Waals surface area contributed by atoms with Crippen LogP contribution < -0.4 is 10.1 Å². The Morgan fingerprint density at radius 3 is 2.63 bits per heavy atom. The summed E-state index contributed by atoms with van der Waals surface area (Å²) in [6, 6.07) is 13.4. The molecule has 1 aromatic heterocycles. The first-order valence-electron chi connectivity index (χ1n) is 9.15. The highest BCUT2D eigenvalue weighted by molar-refractivity contribution is 6.07. The van der Waals surface area contributed by atoms with Gasteiger partial charge in [0.1, 0.15) is 5.75 Å². The molecule has 0 bridgehead atoms. The maximum absolute atomic E-state index is 12.8. The number of para-hydroxylation sites is 1. The fourth-order valence-corrected chi connectivity index (χ4v) is 2.93. The van der Waals surface area contributed by atoms with Gasteiger partial charge in [0.05, 0.1) is 12.2 Å². The minimum absolute atomic E-state index is 0.300. The van der Waals surface area contributed by atoms with Crippen molar-refractivity contribution in [3.8, 4) is 17.0 Å². The van der Waals surface area contributed by atoms with Crippen LogP contribution in [0.1, 0.15) is 42.3 Å². The van der Waals surface area contributed by atoms with Gasteiger partial charge in [-0.3, -0.25) is 4.79 Å². The van der Waals surface area contributed by atoms with E-state index in [0.29, 0.717) is 29.4 Å². The molecular formula is C21H23N3O3. The van der Waals surface area contributed by atoms with Gasteiger partial charge >= 0.3 is 0 Å². The monoisotopic (exact) mass is 365 g/mol. The molecule has 0 aliphatic carbocycles. The summed E-state index contributed by atoms with van der Waals surface area (Å²) in [5, 5.41) is 10.8. The van der Waals surface area contributed by atoms with Gasteiger partial charge < -0.3 is 10.1 Å². The van der Waals surface area contributed by atoms with Crippen LogP contribution in [-0.4, -0.2) is 22.8 Å². The van der Waals surface area contributed by atoms with Crippen LogP contribution in [0.5, 0.6) is 5.75 Å². The maximum atomic E-state index is 12.8. The molecule has 6 nitrogen and oxygen atoms in total. The van der Waals surface area contributed by atoms with E-state index in [1.807, 2.05) is 13.0 Å². The Bertz CT molecular complexity index is 934. The highest BCUT2D eigenvalue weighted by Gasteiger charge is 2.20. The number of benzene rings is 2. The van der Waals surface area contributed by atoms with Gasteiger partial charge in [-0.2, -0.15) is 0 Å². The first-order valence-corrected chi connectivity index (χ1v) is 9.15. The average molecular weight is 365 g/mol. The van der Waals surface area contributed by atoms with Crippen LogP contribution in [0.25, 0.3) is 11.3 Å². The van der Waals surface area contributed by atoms with Crippen LogP contribution in [0.2, 0.25) is 0 Å². The van der Waals surface area contributed by atoms with E-state index in [1.165, 1.54) is 5.56 Å². The molecule has 3 aromatic rings. The van der Waals surface area contributed by atoms with Gasteiger partial charge in [-0.05, 0) is 59.4 Å². The Morgan fingerprint density at radius 2 is 1.89 bits per heavy atom. The summed E-state index contributed by atoms with van der Waals surface area (Å²) >= 11 is 0. The molecule has 0 aliphatic rings. The SMILES string of the molecule is CCOc1ccccc1C(=O)Nc1nonc1-c1cc(CC)ccc1CC. The molecule has 0 radical (unpaired) electrons. The number of amides is 1. The summed E-state index contributed by atoms with van der Waals surface area (Å²) in [5.41, 5.74) is 4.19. The van der Waals surface area contributed by atoms with Crippen molar-refractivity contribution in [3.63, 3.8) is 0 Å². The molecular weight excluding hydrogens is 342 g/mol. The number of ether oxygens (including phenoxy) is 1. The zero-order valence-corrected chi connectivity index (χ0v) is 15.8. The minimum atomic E-state index is -0.319. The number of nitrogens with zero attached hydrogens (tertiary/aromatic N) is 2. The second kappa shape index (κ2) is 8.49. The van der Waals surface area contributed by atoms with E-state index in [2.05, 4.69) is 47.7 Å². The van der Waals surface area contributed by atoms with Gasteiger partial charge in [0, 0.05) is 5.56 Å². The fraction of sp³-hybridized carbons (Fsp3) is 0.286. The van der Waals surface area contributed by atoms with Crippen molar-refractivity contribution in [2.45, 2.75) is 33.6 Å². The summed E-state index contributed by atoms with van der Waals surface area (Å²) < 4.78 is 10.5. The van der Waals surface area contributed by atoms with Gasteiger partial charge in [0.15, 0.2) is 5.69 Å². The Labute approximate surface area is 158 Å². The lowest BCUT2D eigenvalue weighted by Gasteiger charge is -2.11. The van der Waals surface area contributed by atoms with Crippen molar-refractivity contribution >= 4 is 11.7 Å². The summed E-state index contributed by atoms with van der Waals surface area (Å²) in [5.74, 6) is 0.507. The molecule has 0 fully saturated rings. The number of hydrogen-bond donors (Lipinski definition) is 1. The van der Waals surface area contributed by atoms with Crippen molar-refractivity contribution in [1.29, 1.82) is 0 Å². The molecule has 0 atom stereocenters. The molecule has 0 unspecified atom stereocenters. The Morgan fingerprint density at radius 1 is 1.07 bits per heavy atom. The molecule has 140 valence electrons. The van der Waals surface area contributed by atoms with Crippen LogP contribution in [0.15, 0.2) is 47.1 Å². The topological polar surface area (TPSA) is 77.2 Å². The maximum Gasteiger partial charge on any atom is 0.260 e. The lowest BCUT2D eigenvalue weighted by molar-refractivity contribution is 0.102. The fourth-order valence-electron chi connectivity index (χ4n) is 2.93. The summed E-state index contributed by atoms with van der Waals surface area (Å²) in [7, 11) is 0. The first-order chi connectivity index (χ1) is 13.2. The number of anilines is 1.